The molecule has 0 unspecified atom stereocenters. The molecular weight excluding hydrogens is 230 g/mol. The minimum atomic E-state index is 0.717. The number of nitrogens with one attached hydrogen (secondary N) is 1. The van der Waals surface area contributed by atoms with E-state index in [1.54, 1.807) is 11.3 Å². The highest BCUT2D eigenvalue weighted by Gasteiger charge is 1.99. The van der Waals surface area contributed by atoms with Gasteiger partial charge in [-0.3, -0.25) is 0 Å². The van der Waals surface area contributed by atoms with E-state index >= 15 is 0 Å². The van der Waals surface area contributed by atoms with E-state index in [-0.39, 0.29) is 0 Å². The summed E-state index contributed by atoms with van der Waals surface area (Å²) in [5.74, 6) is 0. The van der Waals surface area contributed by atoms with Gasteiger partial charge in [0.1, 0.15) is 5.01 Å². The van der Waals surface area contributed by atoms with E-state index in [9.17, 15) is 0 Å². The Bertz CT molecular complexity index is 455. The Morgan fingerprint density at radius 1 is 1.40 bits per heavy atom. The lowest BCUT2D eigenvalue weighted by Crippen LogP contribution is -1.98. The molecule has 0 saturated carbocycles. The fourth-order valence-corrected chi connectivity index (χ4v) is 1.99. The van der Waals surface area contributed by atoms with Crippen LogP contribution in [0.3, 0.4) is 0 Å². The smallest absolute Gasteiger partial charge is 0.205 e. The van der Waals surface area contributed by atoms with Crippen molar-refractivity contribution in [2.24, 2.45) is 0 Å². The molecule has 0 amide bonds. The second-order valence-electron chi connectivity index (χ2n) is 3.11. The molecule has 1 aromatic carbocycles. The summed E-state index contributed by atoms with van der Waals surface area (Å²) >= 11 is 7.42. The third kappa shape index (κ3) is 2.91. The molecule has 0 fully saturated rings. The average molecular weight is 240 g/mol. The molecule has 0 spiro atoms. The molecule has 0 radical (unpaired) electrons. The molecule has 1 N–H and O–H groups in total. The molecule has 0 saturated heterocycles. The van der Waals surface area contributed by atoms with Gasteiger partial charge in [-0.05, 0) is 24.6 Å². The van der Waals surface area contributed by atoms with Crippen LogP contribution in [0.15, 0.2) is 24.3 Å². The number of benzene rings is 1. The summed E-state index contributed by atoms with van der Waals surface area (Å²) in [6.07, 6.45) is 0. The van der Waals surface area contributed by atoms with Crippen molar-refractivity contribution in [3.63, 3.8) is 0 Å². The number of nitrogens with zero attached hydrogens (tertiary/aromatic N) is 2. The molecule has 2 rings (SSSR count). The fourth-order valence-electron chi connectivity index (χ4n) is 1.19. The Labute approximate surface area is 97.1 Å². The Morgan fingerprint density at radius 3 is 2.93 bits per heavy atom. The minimum Gasteiger partial charge on any atom is -0.356 e. The van der Waals surface area contributed by atoms with Crippen molar-refractivity contribution in [1.82, 2.24) is 10.2 Å². The largest absolute Gasteiger partial charge is 0.356 e. The van der Waals surface area contributed by atoms with E-state index in [0.29, 0.717) is 0 Å². The van der Waals surface area contributed by atoms with Crippen LogP contribution in [0.1, 0.15) is 10.6 Å². The monoisotopic (exact) mass is 239 g/mol. The number of halogens is 1. The Morgan fingerprint density at radius 2 is 2.27 bits per heavy atom. The Balaban J connectivity index is 1.99. The minimum absolute atomic E-state index is 0.717. The number of rotatable bonds is 3. The highest BCUT2D eigenvalue weighted by atomic mass is 35.5. The van der Waals surface area contributed by atoms with E-state index in [0.717, 1.165) is 27.3 Å². The lowest BCUT2D eigenvalue weighted by atomic mass is 10.2. The SMILES string of the molecule is Cc1nnc(NCc2cccc(Cl)c2)s1. The van der Waals surface area contributed by atoms with Gasteiger partial charge < -0.3 is 5.32 Å². The van der Waals surface area contributed by atoms with E-state index in [1.807, 2.05) is 31.2 Å². The summed E-state index contributed by atoms with van der Waals surface area (Å²) in [4.78, 5) is 0. The van der Waals surface area contributed by atoms with Crippen molar-refractivity contribution in [3.05, 3.63) is 39.9 Å². The second kappa shape index (κ2) is 4.59. The first-order chi connectivity index (χ1) is 7.24. The van der Waals surface area contributed by atoms with Gasteiger partial charge in [0.2, 0.25) is 5.13 Å². The number of aryl methyl sites for hydroxylation is 1. The van der Waals surface area contributed by atoms with Crippen molar-refractivity contribution >= 4 is 28.1 Å². The van der Waals surface area contributed by atoms with Gasteiger partial charge in [0.05, 0.1) is 0 Å². The van der Waals surface area contributed by atoms with Gasteiger partial charge in [-0.15, -0.1) is 10.2 Å². The van der Waals surface area contributed by atoms with Gasteiger partial charge in [0.15, 0.2) is 0 Å². The van der Waals surface area contributed by atoms with Crippen LogP contribution < -0.4 is 5.32 Å². The molecule has 0 aliphatic carbocycles. The zero-order chi connectivity index (χ0) is 10.7. The molecule has 3 nitrogen and oxygen atoms in total. The summed E-state index contributed by atoms with van der Waals surface area (Å²) in [5.41, 5.74) is 1.13. The van der Waals surface area contributed by atoms with E-state index in [2.05, 4.69) is 15.5 Å². The van der Waals surface area contributed by atoms with Crippen LogP contribution in [0.4, 0.5) is 5.13 Å². The van der Waals surface area contributed by atoms with Crippen molar-refractivity contribution < 1.29 is 0 Å². The maximum Gasteiger partial charge on any atom is 0.205 e. The lowest BCUT2D eigenvalue weighted by molar-refractivity contribution is 1.02. The molecule has 0 aliphatic heterocycles. The first-order valence-corrected chi connectivity index (χ1v) is 5.72. The average Bonchev–Trinajstić information content (AvgIpc) is 2.62. The van der Waals surface area contributed by atoms with Gasteiger partial charge in [-0.2, -0.15) is 0 Å². The molecule has 0 bridgehead atoms. The topological polar surface area (TPSA) is 37.8 Å². The Kier molecular flexibility index (Phi) is 3.18. The molecule has 2 aromatic rings. The van der Waals surface area contributed by atoms with Crippen LogP contribution in [0, 0.1) is 6.92 Å². The number of hydrogen-bond acceptors (Lipinski definition) is 4. The van der Waals surface area contributed by atoms with Crippen molar-refractivity contribution in [2.45, 2.75) is 13.5 Å². The van der Waals surface area contributed by atoms with Crippen molar-refractivity contribution in [1.29, 1.82) is 0 Å². The standard InChI is InChI=1S/C10H10ClN3S/c1-7-13-14-10(15-7)12-6-8-3-2-4-9(11)5-8/h2-5H,6H2,1H3,(H,12,14). The molecule has 1 heterocycles. The molecule has 15 heavy (non-hydrogen) atoms. The molecule has 5 heteroatoms. The molecule has 0 aliphatic rings. The van der Waals surface area contributed by atoms with Crippen LogP contribution >= 0.6 is 22.9 Å². The number of hydrogen-bond donors (Lipinski definition) is 1. The summed E-state index contributed by atoms with van der Waals surface area (Å²) in [7, 11) is 0. The number of anilines is 1. The summed E-state index contributed by atoms with van der Waals surface area (Å²) < 4.78 is 0. The third-order valence-corrected chi connectivity index (χ3v) is 2.89. The van der Waals surface area contributed by atoms with Crippen LogP contribution in [0.2, 0.25) is 5.02 Å². The van der Waals surface area contributed by atoms with E-state index < -0.39 is 0 Å². The van der Waals surface area contributed by atoms with Crippen LogP contribution in [0.25, 0.3) is 0 Å². The number of aromatic nitrogens is 2. The van der Waals surface area contributed by atoms with Crippen LogP contribution in [0.5, 0.6) is 0 Å². The maximum absolute atomic E-state index is 5.88. The Hall–Kier alpha value is -1.13. The summed E-state index contributed by atoms with van der Waals surface area (Å²) in [5, 5.41) is 13.7. The first kappa shape index (κ1) is 10.4. The van der Waals surface area contributed by atoms with Crippen molar-refractivity contribution in [3.8, 4) is 0 Å². The summed E-state index contributed by atoms with van der Waals surface area (Å²) in [6.45, 7) is 2.65. The zero-order valence-electron chi connectivity index (χ0n) is 8.20. The first-order valence-electron chi connectivity index (χ1n) is 4.52. The maximum atomic E-state index is 5.88. The van der Waals surface area contributed by atoms with Gasteiger partial charge >= 0.3 is 0 Å². The van der Waals surface area contributed by atoms with E-state index in [1.165, 1.54) is 0 Å². The predicted octanol–water partition coefficient (Wildman–Crippen LogP) is 3.11. The molecule has 1 aromatic heterocycles. The van der Waals surface area contributed by atoms with Gasteiger partial charge in [-0.25, -0.2) is 0 Å². The highest BCUT2D eigenvalue weighted by Crippen LogP contribution is 2.16. The summed E-state index contributed by atoms with van der Waals surface area (Å²) in [6, 6.07) is 7.75. The van der Waals surface area contributed by atoms with Gasteiger partial charge in [0, 0.05) is 11.6 Å². The third-order valence-electron chi connectivity index (χ3n) is 1.86. The predicted molar refractivity (Wildman–Crippen MR) is 63.4 cm³/mol. The fraction of sp³-hybridized carbons (Fsp3) is 0.200. The highest BCUT2D eigenvalue weighted by molar-refractivity contribution is 7.15. The lowest BCUT2D eigenvalue weighted by Gasteiger charge is -2.02. The molecule has 0 atom stereocenters. The van der Waals surface area contributed by atoms with Crippen LogP contribution in [-0.2, 0) is 6.54 Å². The zero-order valence-corrected chi connectivity index (χ0v) is 9.77. The van der Waals surface area contributed by atoms with E-state index in [4.69, 9.17) is 11.6 Å². The quantitative estimate of drug-likeness (QED) is 0.895. The van der Waals surface area contributed by atoms with Crippen molar-refractivity contribution in [2.75, 3.05) is 5.32 Å². The normalized spacial score (nSPS) is 10.3. The van der Waals surface area contributed by atoms with Gasteiger partial charge in [-0.1, -0.05) is 35.1 Å². The molecular formula is C10H10ClN3S. The second-order valence-corrected chi connectivity index (χ2v) is 4.73. The van der Waals surface area contributed by atoms with Gasteiger partial charge in [0.25, 0.3) is 0 Å². The van der Waals surface area contributed by atoms with Crippen LogP contribution in [-0.4, -0.2) is 10.2 Å². The molecule has 78 valence electrons.